The summed E-state index contributed by atoms with van der Waals surface area (Å²) in [5.41, 5.74) is 5.65. The van der Waals surface area contributed by atoms with Gasteiger partial charge in [0.25, 0.3) is 0 Å². The highest BCUT2D eigenvalue weighted by Gasteiger charge is 2.31. The summed E-state index contributed by atoms with van der Waals surface area (Å²) in [6.07, 6.45) is 1.97. The van der Waals surface area contributed by atoms with Crippen LogP contribution in [-0.2, 0) is 11.2 Å². The second-order valence-corrected chi connectivity index (χ2v) is 5.56. The lowest BCUT2D eigenvalue weighted by Crippen LogP contribution is -2.46. The number of nitrogens with two attached hydrogens (primary N) is 1. The van der Waals surface area contributed by atoms with E-state index in [0.29, 0.717) is 24.3 Å². The fraction of sp³-hybridized carbons (Fsp3) is 0.562. The third kappa shape index (κ3) is 4.36. The summed E-state index contributed by atoms with van der Waals surface area (Å²) in [5.74, 6) is 0.571. The minimum Gasteiger partial charge on any atom is -0.493 e. The molecule has 0 saturated heterocycles. The van der Waals surface area contributed by atoms with Gasteiger partial charge in [-0.05, 0) is 37.3 Å². The van der Waals surface area contributed by atoms with Gasteiger partial charge in [-0.1, -0.05) is 25.5 Å². The van der Waals surface area contributed by atoms with E-state index < -0.39 is 11.5 Å². The number of ether oxygens (including phenoxy) is 2. The summed E-state index contributed by atoms with van der Waals surface area (Å²) in [6, 6.07) is 5.72. The molecule has 0 fully saturated rings. The first-order chi connectivity index (χ1) is 9.85. The van der Waals surface area contributed by atoms with E-state index in [2.05, 4.69) is 0 Å². The Morgan fingerprint density at radius 1 is 1.38 bits per heavy atom. The van der Waals surface area contributed by atoms with E-state index in [-0.39, 0.29) is 5.92 Å². The zero-order chi connectivity index (χ0) is 16.0. The maximum Gasteiger partial charge on any atom is 0.323 e. The molecule has 0 heterocycles. The molecule has 118 valence electrons. The molecule has 21 heavy (non-hydrogen) atoms. The largest absolute Gasteiger partial charge is 0.493 e. The molecule has 1 aromatic rings. The van der Waals surface area contributed by atoms with Gasteiger partial charge in [-0.25, -0.2) is 0 Å². The first kappa shape index (κ1) is 17.3. The van der Waals surface area contributed by atoms with E-state index in [1.807, 2.05) is 25.1 Å². The van der Waals surface area contributed by atoms with Crippen LogP contribution < -0.4 is 15.2 Å². The Morgan fingerprint density at radius 3 is 2.52 bits per heavy atom. The minimum atomic E-state index is -1.22. The molecule has 5 heteroatoms. The lowest BCUT2D eigenvalue weighted by Gasteiger charge is -2.26. The van der Waals surface area contributed by atoms with Gasteiger partial charge in [-0.15, -0.1) is 0 Å². The fourth-order valence-corrected chi connectivity index (χ4v) is 2.47. The Bertz CT molecular complexity index is 485. The van der Waals surface area contributed by atoms with Crippen LogP contribution in [0, 0.1) is 5.92 Å². The second-order valence-electron chi connectivity index (χ2n) is 5.56. The summed E-state index contributed by atoms with van der Waals surface area (Å²) in [7, 11) is 3.20. The predicted octanol–water partition coefficient (Wildman–Crippen LogP) is 2.46. The van der Waals surface area contributed by atoms with Crippen molar-refractivity contribution in [3.05, 3.63) is 23.8 Å². The van der Waals surface area contributed by atoms with E-state index in [1.54, 1.807) is 21.1 Å². The van der Waals surface area contributed by atoms with E-state index in [4.69, 9.17) is 20.3 Å². The number of rotatable bonds is 8. The number of hydrogen-bond donors (Lipinski definition) is 2. The normalized spacial score (nSPS) is 15.1. The zero-order valence-corrected chi connectivity index (χ0v) is 13.2. The molecule has 0 aliphatic carbocycles. The highest BCUT2D eigenvalue weighted by atomic mass is 16.5. The lowest BCUT2D eigenvalue weighted by atomic mass is 9.84. The van der Waals surface area contributed by atoms with Gasteiger partial charge in [0.1, 0.15) is 5.54 Å². The van der Waals surface area contributed by atoms with Crippen LogP contribution in [0.1, 0.15) is 32.3 Å². The third-order valence-corrected chi connectivity index (χ3v) is 3.77. The van der Waals surface area contributed by atoms with Crippen LogP contribution >= 0.6 is 0 Å². The number of carboxylic acids is 1. The molecular weight excluding hydrogens is 270 g/mol. The predicted molar refractivity (Wildman–Crippen MR) is 81.9 cm³/mol. The summed E-state index contributed by atoms with van der Waals surface area (Å²) in [6.45, 7) is 3.59. The number of para-hydroxylation sites is 1. The summed E-state index contributed by atoms with van der Waals surface area (Å²) in [5, 5.41) is 9.16. The molecule has 1 aromatic carbocycles. The molecule has 2 atom stereocenters. The van der Waals surface area contributed by atoms with Gasteiger partial charge in [0.2, 0.25) is 0 Å². The number of aliphatic carboxylic acids is 1. The van der Waals surface area contributed by atoms with Gasteiger partial charge in [-0.2, -0.15) is 0 Å². The van der Waals surface area contributed by atoms with E-state index in [1.165, 1.54) is 0 Å². The lowest BCUT2D eigenvalue weighted by molar-refractivity contribution is -0.143. The van der Waals surface area contributed by atoms with Crippen LogP contribution in [-0.4, -0.2) is 30.8 Å². The molecule has 0 spiro atoms. The number of benzene rings is 1. The number of carbonyl (C=O) groups is 1. The van der Waals surface area contributed by atoms with Crippen molar-refractivity contribution in [2.45, 2.75) is 38.6 Å². The zero-order valence-electron chi connectivity index (χ0n) is 13.2. The van der Waals surface area contributed by atoms with Crippen LogP contribution in [0.3, 0.4) is 0 Å². The number of carboxylic acid groups (broad SMARTS) is 1. The van der Waals surface area contributed by atoms with Gasteiger partial charge in [0.15, 0.2) is 11.5 Å². The molecule has 0 amide bonds. The van der Waals surface area contributed by atoms with Gasteiger partial charge in [-0.3, -0.25) is 4.79 Å². The molecule has 0 aliphatic heterocycles. The number of hydrogen-bond acceptors (Lipinski definition) is 4. The summed E-state index contributed by atoms with van der Waals surface area (Å²) < 4.78 is 10.7. The Morgan fingerprint density at radius 2 is 2.05 bits per heavy atom. The Hall–Kier alpha value is -1.75. The van der Waals surface area contributed by atoms with Crippen molar-refractivity contribution >= 4 is 5.97 Å². The standard InChI is InChI=1S/C16H25NO4/c1-5-11(10-16(2,17)15(18)19)9-12-7-6-8-13(20-3)14(12)21-4/h6-8,11H,5,9-10,17H2,1-4H3,(H,18,19). The Balaban J connectivity index is 2.94. The first-order valence-corrected chi connectivity index (χ1v) is 7.07. The average molecular weight is 295 g/mol. The van der Waals surface area contributed by atoms with Crippen molar-refractivity contribution in [2.24, 2.45) is 11.7 Å². The van der Waals surface area contributed by atoms with Crippen LogP contribution in [0.4, 0.5) is 0 Å². The van der Waals surface area contributed by atoms with E-state index >= 15 is 0 Å². The van der Waals surface area contributed by atoms with Crippen molar-refractivity contribution in [1.82, 2.24) is 0 Å². The van der Waals surface area contributed by atoms with E-state index in [9.17, 15) is 4.79 Å². The first-order valence-electron chi connectivity index (χ1n) is 7.07. The summed E-state index contributed by atoms with van der Waals surface area (Å²) in [4.78, 5) is 11.2. The van der Waals surface area contributed by atoms with Crippen molar-refractivity contribution in [1.29, 1.82) is 0 Å². The van der Waals surface area contributed by atoms with Gasteiger partial charge in [0, 0.05) is 0 Å². The molecule has 0 aromatic heterocycles. The van der Waals surface area contributed by atoms with Crippen LogP contribution in [0.2, 0.25) is 0 Å². The molecule has 0 aliphatic rings. The topological polar surface area (TPSA) is 81.8 Å². The molecule has 0 saturated carbocycles. The average Bonchev–Trinajstić information content (AvgIpc) is 2.45. The molecule has 1 rings (SSSR count). The summed E-state index contributed by atoms with van der Waals surface area (Å²) >= 11 is 0. The highest BCUT2D eigenvalue weighted by molar-refractivity contribution is 5.77. The second kappa shape index (κ2) is 7.31. The smallest absolute Gasteiger partial charge is 0.323 e. The molecule has 0 bridgehead atoms. The molecule has 2 unspecified atom stereocenters. The van der Waals surface area contributed by atoms with Crippen molar-refractivity contribution < 1.29 is 19.4 Å². The molecular formula is C16H25NO4. The minimum absolute atomic E-state index is 0.164. The number of methoxy groups -OCH3 is 2. The van der Waals surface area contributed by atoms with Crippen LogP contribution in [0.5, 0.6) is 11.5 Å². The third-order valence-electron chi connectivity index (χ3n) is 3.77. The molecule has 5 nitrogen and oxygen atoms in total. The van der Waals surface area contributed by atoms with Gasteiger partial charge >= 0.3 is 5.97 Å². The van der Waals surface area contributed by atoms with Gasteiger partial charge < -0.3 is 20.3 Å². The van der Waals surface area contributed by atoms with Crippen molar-refractivity contribution in [3.8, 4) is 11.5 Å². The fourth-order valence-electron chi connectivity index (χ4n) is 2.47. The maximum absolute atomic E-state index is 11.2. The van der Waals surface area contributed by atoms with Crippen molar-refractivity contribution in [3.63, 3.8) is 0 Å². The Labute approximate surface area is 126 Å². The molecule has 3 N–H and O–H groups in total. The highest BCUT2D eigenvalue weighted by Crippen LogP contribution is 2.34. The quantitative estimate of drug-likeness (QED) is 0.770. The SMILES string of the molecule is CCC(Cc1cccc(OC)c1OC)CC(C)(N)C(=O)O. The molecule has 0 radical (unpaired) electrons. The van der Waals surface area contributed by atoms with Gasteiger partial charge in [0.05, 0.1) is 14.2 Å². The Kier molecular flexibility index (Phi) is 6.03. The monoisotopic (exact) mass is 295 g/mol. The van der Waals surface area contributed by atoms with E-state index in [0.717, 1.165) is 12.0 Å². The van der Waals surface area contributed by atoms with Crippen LogP contribution in [0.25, 0.3) is 0 Å². The van der Waals surface area contributed by atoms with Crippen LogP contribution in [0.15, 0.2) is 18.2 Å². The van der Waals surface area contributed by atoms with Crippen molar-refractivity contribution in [2.75, 3.05) is 14.2 Å². The maximum atomic E-state index is 11.2.